The Kier molecular flexibility index (Phi) is 1.87. The molecule has 2 N–H and O–H groups in total. The highest BCUT2D eigenvalue weighted by atomic mass is 35.5. The molecule has 1 aromatic carbocycles. The van der Waals surface area contributed by atoms with Crippen molar-refractivity contribution in [3.63, 3.8) is 0 Å². The first-order valence-corrected chi connectivity index (χ1v) is 5.61. The van der Waals surface area contributed by atoms with Crippen LogP contribution in [0.25, 0.3) is 11.3 Å². The fourth-order valence-corrected chi connectivity index (χ4v) is 2.55. The minimum Gasteiger partial charge on any atom is -0.487 e. The van der Waals surface area contributed by atoms with Crippen molar-refractivity contribution in [3.8, 4) is 17.0 Å². The van der Waals surface area contributed by atoms with Gasteiger partial charge in [-0.05, 0) is 18.2 Å². The minimum atomic E-state index is 0.525. The van der Waals surface area contributed by atoms with E-state index in [1.807, 2.05) is 12.1 Å². The Labute approximate surface area is 95.5 Å². The van der Waals surface area contributed by atoms with Crippen LogP contribution in [0.15, 0.2) is 18.2 Å². The molecule has 1 aliphatic heterocycles. The molecule has 1 aromatic heterocycles. The highest BCUT2D eigenvalue weighted by Gasteiger charge is 2.21. The van der Waals surface area contributed by atoms with E-state index in [0.717, 1.165) is 21.9 Å². The monoisotopic (exact) mass is 238 g/mol. The molecule has 15 heavy (non-hydrogen) atoms. The molecule has 0 bridgehead atoms. The second-order valence-corrected chi connectivity index (χ2v) is 4.80. The quantitative estimate of drug-likeness (QED) is 0.768. The molecule has 76 valence electrons. The third-order valence-corrected chi connectivity index (χ3v) is 3.36. The number of thiazole rings is 1. The van der Waals surface area contributed by atoms with Crippen LogP contribution in [0.5, 0.6) is 5.75 Å². The molecular formula is C10H7ClN2OS. The lowest BCUT2D eigenvalue weighted by Crippen LogP contribution is -2.02. The maximum atomic E-state index is 5.89. The van der Waals surface area contributed by atoms with E-state index >= 15 is 0 Å². The summed E-state index contributed by atoms with van der Waals surface area (Å²) in [6.07, 6.45) is 0. The van der Waals surface area contributed by atoms with Gasteiger partial charge in [0, 0.05) is 10.6 Å². The number of rotatable bonds is 0. The Morgan fingerprint density at radius 1 is 1.47 bits per heavy atom. The number of halogens is 1. The van der Waals surface area contributed by atoms with Crippen LogP contribution in [0.4, 0.5) is 5.13 Å². The topological polar surface area (TPSA) is 48.1 Å². The van der Waals surface area contributed by atoms with E-state index in [4.69, 9.17) is 22.1 Å². The van der Waals surface area contributed by atoms with Gasteiger partial charge in [-0.15, -0.1) is 0 Å². The second kappa shape index (κ2) is 3.12. The number of hydrogen-bond donors (Lipinski definition) is 1. The summed E-state index contributed by atoms with van der Waals surface area (Å²) in [7, 11) is 0. The van der Waals surface area contributed by atoms with Crippen molar-refractivity contribution < 1.29 is 4.74 Å². The molecule has 0 aliphatic carbocycles. The minimum absolute atomic E-state index is 0.525. The molecular weight excluding hydrogens is 232 g/mol. The van der Waals surface area contributed by atoms with Gasteiger partial charge in [-0.25, -0.2) is 4.98 Å². The van der Waals surface area contributed by atoms with Crippen molar-refractivity contribution in [2.24, 2.45) is 0 Å². The Hall–Kier alpha value is -1.26. The first-order chi connectivity index (χ1) is 7.24. The molecule has 3 nitrogen and oxygen atoms in total. The third-order valence-electron chi connectivity index (χ3n) is 2.27. The van der Waals surface area contributed by atoms with Gasteiger partial charge in [-0.3, -0.25) is 0 Å². The van der Waals surface area contributed by atoms with E-state index in [2.05, 4.69) is 4.98 Å². The molecule has 0 saturated heterocycles. The van der Waals surface area contributed by atoms with E-state index in [1.54, 1.807) is 6.07 Å². The Morgan fingerprint density at radius 3 is 3.20 bits per heavy atom. The van der Waals surface area contributed by atoms with Crippen LogP contribution in [0, 0.1) is 0 Å². The number of hydrogen-bond acceptors (Lipinski definition) is 4. The summed E-state index contributed by atoms with van der Waals surface area (Å²) in [6, 6.07) is 5.54. The number of aromatic nitrogens is 1. The lowest BCUT2D eigenvalue weighted by atomic mass is 10.1. The van der Waals surface area contributed by atoms with E-state index < -0.39 is 0 Å². The van der Waals surface area contributed by atoms with Crippen LogP contribution in [-0.2, 0) is 6.61 Å². The van der Waals surface area contributed by atoms with Gasteiger partial charge in [-0.1, -0.05) is 22.9 Å². The van der Waals surface area contributed by atoms with Gasteiger partial charge in [0.15, 0.2) is 5.13 Å². The Bertz CT molecular complexity index is 538. The predicted octanol–water partition coefficient (Wildman–Crippen LogP) is 2.94. The summed E-state index contributed by atoms with van der Waals surface area (Å²) in [6.45, 7) is 0.525. The van der Waals surface area contributed by atoms with Gasteiger partial charge in [0.1, 0.15) is 12.4 Å². The van der Waals surface area contributed by atoms with Crippen LogP contribution >= 0.6 is 22.9 Å². The predicted molar refractivity (Wildman–Crippen MR) is 61.3 cm³/mol. The zero-order chi connectivity index (χ0) is 10.4. The number of fused-ring (bicyclic) bond motifs is 3. The summed E-state index contributed by atoms with van der Waals surface area (Å²) in [5, 5.41) is 1.24. The van der Waals surface area contributed by atoms with Gasteiger partial charge >= 0.3 is 0 Å². The van der Waals surface area contributed by atoms with Gasteiger partial charge in [0.25, 0.3) is 0 Å². The maximum Gasteiger partial charge on any atom is 0.180 e. The van der Waals surface area contributed by atoms with Crippen molar-refractivity contribution >= 4 is 28.1 Å². The summed E-state index contributed by atoms with van der Waals surface area (Å²) in [5.74, 6) is 0.778. The molecule has 0 saturated carbocycles. The highest BCUT2D eigenvalue weighted by molar-refractivity contribution is 7.15. The maximum absolute atomic E-state index is 5.89. The average molecular weight is 239 g/mol. The zero-order valence-corrected chi connectivity index (χ0v) is 9.23. The lowest BCUT2D eigenvalue weighted by molar-refractivity contribution is 0.305. The standard InChI is InChI=1S/C10H7ClN2OS/c11-5-1-2-6-7(3-5)14-4-8-9(6)13-10(12)15-8/h1-3H,4H2,(H2,12,13). The van der Waals surface area contributed by atoms with Crippen LogP contribution in [0.1, 0.15) is 4.88 Å². The van der Waals surface area contributed by atoms with Crippen molar-refractivity contribution in [2.75, 3.05) is 5.73 Å². The second-order valence-electron chi connectivity index (χ2n) is 3.25. The van der Waals surface area contributed by atoms with Crippen LogP contribution in [0.3, 0.4) is 0 Å². The molecule has 2 heterocycles. The average Bonchev–Trinajstić information content (AvgIpc) is 2.58. The van der Waals surface area contributed by atoms with E-state index in [9.17, 15) is 0 Å². The SMILES string of the molecule is Nc1nc2c(s1)COc1cc(Cl)ccc1-2. The number of nitrogens with zero attached hydrogens (tertiary/aromatic N) is 1. The van der Waals surface area contributed by atoms with Crippen LogP contribution in [-0.4, -0.2) is 4.98 Å². The number of ether oxygens (including phenoxy) is 1. The smallest absolute Gasteiger partial charge is 0.180 e. The van der Waals surface area contributed by atoms with Crippen molar-refractivity contribution in [3.05, 3.63) is 28.1 Å². The van der Waals surface area contributed by atoms with E-state index in [0.29, 0.717) is 16.8 Å². The lowest BCUT2D eigenvalue weighted by Gasteiger charge is -2.16. The van der Waals surface area contributed by atoms with E-state index in [-0.39, 0.29) is 0 Å². The summed E-state index contributed by atoms with van der Waals surface area (Å²) in [5.41, 5.74) is 7.56. The van der Waals surface area contributed by atoms with Crippen molar-refractivity contribution in [2.45, 2.75) is 6.61 Å². The van der Waals surface area contributed by atoms with Crippen molar-refractivity contribution in [1.82, 2.24) is 4.98 Å². The molecule has 2 aromatic rings. The summed E-state index contributed by atoms with van der Waals surface area (Å²) >= 11 is 7.35. The van der Waals surface area contributed by atoms with Crippen LogP contribution in [0.2, 0.25) is 5.02 Å². The molecule has 0 radical (unpaired) electrons. The molecule has 3 rings (SSSR count). The molecule has 0 amide bonds. The third kappa shape index (κ3) is 1.37. The first kappa shape index (κ1) is 9.00. The Balaban J connectivity index is 2.25. The number of benzene rings is 1. The number of nitrogens with two attached hydrogens (primary N) is 1. The molecule has 1 aliphatic rings. The van der Waals surface area contributed by atoms with E-state index in [1.165, 1.54) is 11.3 Å². The van der Waals surface area contributed by atoms with Gasteiger partial charge in [-0.2, -0.15) is 0 Å². The molecule has 0 fully saturated rings. The number of nitrogen functional groups attached to an aromatic ring is 1. The summed E-state index contributed by atoms with van der Waals surface area (Å²) in [4.78, 5) is 5.37. The van der Waals surface area contributed by atoms with Gasteiger partial charge in [0.05, 0.1) is 10.6 Å². The molecule has 0 spiro atoms. The fraction of sp³-hybridized carbons (Fsp3) is 0.100. The Morgan fingerprint density at radius 2 is 2.33 bits per heavy atom. The van der Waals surface area contributed by atoms with Gasteiger partial charge < -0.3 is 10.5 Å². The molecule has 5 heteroatoms. The summed E-state index contributed by atoms with van der Waals surface area (Å²) < 4.78 is 5.57. The zero-order valence-electron chi connectivity index (χ0n) is 7.66. The number of anilines is 1. The van der Waals surface area contributed by atoms with Crippen LogP contribution < -0.4 is 10.5 Å². The molecule has 0 unspecified atom stereocenters. The molecule has 0 atom stereocenters. The first-order valence-electron chi connectivity index (χ1n) is 4.42. The fourth-order valence-electron chi connectivity index (χ4n) is 1.63. The highest BCUT2D eigenvalue weighted by Crippen LogP contribution is 2.41. The normalized spacial score (nSPS) is 12.9. The largest absolute Gasteiger partial charge is 0.487 e. The van der Waals surface area contributed by atoms with Crippen molar-refractivity contribution in [1.29, 1.82) is 0 Å². The van der Waals surface area contributed by atoms with Gasteiger partial charge in [0.2, 0.25) is 0 Å².